The number of nitrogens with one attached hydrogen (secondary N) is 1. The molecule has 1 atom stereocenters. The van der Waals surface area contributed by atoms with Gasteiger partial charge in [-0.2, -0.15) is 0 Å². The van der Waals surface area contributed by atoms with Crippen molar-refractivity contribution >= 4 is 27.1 Å². The molecule has 110 valence electrons. The predicted octanol–water partition coefficient (Wildman–Crippen LogP) is 0.295. The number of carbonyl (C=O) groups is 1. The molecule has 1 aromatic rings. The van der Waals surface area contributed by atoms with Crippen LogP contribution in [0, 0.1) is 10.1 Å². The molecule has 8 nitrogen and oxygen atoms in total. The Bertz CT molecular complexity index is 597. The molecule has 20 heavy (non-hydrogen) atoms. The molecule has 1 amide bonds. The molecule has 1 unspecified atom stereocenters. The number of anilines is 1. The summed E-state index contributed by atoms with van der Waals surface area (Å²) in [5, 5.41) is 12.9. The third-order valence-corrected chi connectivity index (χ3v) is 3.46. The Balaban J connectivity index is 2.59. The number of nitrogens with zero attached hydrogens (tertiary/aromatic N) is 1. The van der Waals surface area contributed by atoms with Gasteiger partial charge >= 0.3 is 0 Å². The number of hydrogen-bond donors (Lipinski definition) is 2. The van der Waals surface area contributed by atoms with Crippen molar-refractivity contribution in [3.05, 3.63) is 34.4 Å². The number of rotatable bonds is 6. The number of carbonyl (C=O) groups excluding carboxylic acids is 1. The van der Waals surface area contributed by atoms with Crippen molar-refractivity contribution in [3.63, 3.8) is 0 Å². The lowest BCUT2D eigenvalue weighted by atomic mass is 10.2. The maximum absolute atomic E-state index is 11.7. The SMILES string of the molecule is CS(=O)(=O)CCC(N)C(=O)Nc1ccc([N+](=O)[O-])cc1. The second-order valence-electron chi connectivity index (χ2n) is 4.32. The molecular formula is C11H15N3O5S. The number of amides is 1. The van der Waals surface area contributed by atoms with E-state index in [0.29, 0.717) is 5.69 Å². The van der Waals surface area contributed by atoms with Crippen LogP contribution in [0.2, 0.25) is 0 Å². The van der Waals surface area contributed by atoms with E-state index in [0.717, 1.165) is 6.26 Å². The van der Waals surface area contributed by atoms with Crippen LogP contribution in [-0.2, 0) is 14.6 Å². The smallest absolute Gasteiger partial charge is 0.269 e. The first kappa shape index (κ1) is 16.1. The fourth-order valence-electron chi connectivity index (χ4n) is 1.37. The van der Waals surface area contributed by atoms with Gasteiger partial charge in [0.2, 0.25) is 5.91 Å². The fraction of sp³-hybridized carbons (Fsp3) is 0.364. The highest BCUT2D eigenvalue weighted by atomic mass is 32.2. The topological polar surface area (TPSA) is 132 Å². The van der Waals surface area contributed by atoms with E-state index in [2.05, 4.69) is 5.32 Å². The lowest BCUT2D eigenvalue weighted by molar-refractivity contribution is -0.384. The zero-order valence-electron chi connectivity index (χ0n) is 10.8. The Morgan fingerprint density at radius 1 is 1.40 bits per heavy atom. The normalized spacial score (nSPS) is 12.7. The summed E-state index contributed by atoms with van der Waals surface area (Å²) in [6, 6.07) is 4.29. The van der Waals surface area contributed by atoms with E-state index >= 15 is 0 Å². The van der Waals surface area contributed by atoms with Crippen molar-refractivity contribution in [2.75, 3.05) is 17.3 Å². The van der Waals surface area contributed by atoms with E-state index in [4.69, 9.17) is 5.73 Å². The van der Waals surface area contributed by atoms with Gasteiger partial charge in [-0.3, -0.25) is 14.9 Å². The van der Waals surface area contributed by atoms with Gasteiger partial charge in [0.25, 0.3) is 5.69 Å². The number of nitro groups is 1. The van der Waals surface area contributed by atoms with Crippen molar-refractivity contribution in [2.24, 2.45) is 5.73 Å². The van der Waals surface area contributed by atoms with E-state index in [1.54, 1.807) is 0 Å². The van der Waals surface area contributed by atoms with Crippen LogP contribution in [0.3, 0.4) is 0 Å². The standard InChI is InChI=1S/C11H15N3O5S/c1-20(18,19)7-6-10(12)11(15)13-8-2-4-9(5-3-8)14(16)17/h2-5,10H,6-7,12H2,1H3,(H,13,15). The molecule has 1 rings (SSSR count). The number of benzene rings is 1. The predicted molar refractivity (Wildman–Crippen MR) is 74.0 cm³/mol. The molecular weight excluding hydrogens is 286 g/mol. The van der Waals surface area contributed by atoms with Gasteiger partial charge < -0.3 is 11.1 Å². The second-order valence-corrected chi connectivity index (χ2v) is 6.58. The van der Waals surface area contributed by atoms with Crippen LogP contribution in [0.25, 0.3) is 0 Å². The van der Waals surface area contributed by atoms with Crippen molar-refractivity contribution in [2.45, 2.75) is 12.5 Å². The van der Waals surface area contributed by atoms with E-state index < -0.39 is 26.7 Å². The molecule has 0 aliphatic carbocycles. The zero-order chi connectivity index (χ0) is 15.3. The van der Waals surface area contributed by atoms with Crippen LogP contribution in [0.1, 0.15) is 6.42 Å². The highest BCUT2D eigenvalue weighted by molar-refractivity contribution is 7.90. The van der Waals surface area contributed by atoms with Crippen LogP contribution < -0.4 is 11.1 Å². The van der Waals surface area contributed by atoms with E-state index in [9.17, 15) is 23.3 Å². The number of nitro benzene ring substituents is 1. The molecule has 0 aliphatic heterocycles. The molecule has 0 heterocycles. The molecule has 1 aromatic carbocycles. The minimum absolute atomic E-state index is 0.0116. The number of nitrogens with two attached hydrogens (primary N) is 1. The summed E-state index contributed by atoms with van der Waals surface area (Å²) < 4.78 is 21.9. The minimum atomic E-state index is -3.18. The Labute approximate surface area is 116 Å². The monoisotopic (exact) mass is 301 g/mol. The minimum Gasteiger partial charge on any atom is -0.325 e. The molecule has 0 aromatic heterocycles. The fourth-order valence-corrected chi connectivity index (χ4v) is 2.06. The Morgan fingerprint density at radius 3 is 2.40 bits per heavy atom. The van der Waals surface area contributed by atoms with E-state index in [-0.39, 0.29) is 17.9 Å². The third kappa shape index (κ3) is 5.33. The molecule has 0 saturated carbocycles. The van der Waals surface area contributed by atoms with Gasteiger partial charge in [-0.05, 0) is 18.6 Å². The zero-order valence-corrected chi connectivity index (χ0v) is 11.6. The molecule has 0 saturated heterocycles. The van der Waals surface area contributed by atoms with Crippen molar-refractivity contribution < 1.29 is 18.1 Å². The van der Waals surface area contributed by atoms with Crippen LogP contribution in [-0.4, -0.2) is 37.3 Å². The van der Waals surface area contributed by atoms with Gasteiger partial charge in [-0.15, -0.1) is 0 Å². The summed E-state index contributed by atoms with van der Waals surface area (Å²) >= 11 is 0. The summed E-state index contributed by atoms with van der Waals surface area (Å²) in [4.78, 5) is 21.6. The highest BCUT2D eigenvalue weighted by Gasteiger charge is 2.16. The quantitative estimate of drug-likeness (QED) is 0.573. The molecule has 0 spiro atoms. The molecule has 0 fully saturated rings. The average molecular weight is 301 g/mol. The van der Waals surface area contributed by atoms with Crippen molar-refractivity contribution in [3.8, 4) is 0 Å². The van der Waals surface area contributed by atoms with Crippen LogP contribution in [0.15, 0.2) is 24.3 Å². The molecule has 0 bridgehead atoms. The average Bonchev–Trinajstić information content (AvgIpc) is 2.35. The maximum Gasteiger partial charge on any atom is 0.269 e. The summed E-state index contributed by atoms with van der Waals surface area (Å²) in [5.74, 6) is -0.718. The van der Waals surface area contributed by atoms with Gasteiger partial charge in [0.05, 0.1) is 16.7 Å². The summed E-state index contributed by atoms with van der Waals surface area (Å²) in [6.07, 6.45) is 1.08. The molecule has 9 heteroatoms. The third-order valence-electron chi connectivity index (χ3n) is 2.48. The summed E-state index contributed by atoms with van der Waals surface area (Å²) in [5.41, 5.74) is 5.83. The first-order valence-corrected chi connectivity index (χ1v) is 7.74. The lowest BCUT2D eigenvalue weighted by Crippen LogP contribution is -2.37. The van der Waals surface area contributed by atoms with E-state index in [1.165, 1.54) is 24.3 Å². The van der Waals surface area contributed by atoms with E-state index in [1.807, 2.05) is 0 Å². The maximum atomic E-state index is 11.7. The first-order chi connectivity index (χ1) is 9.19. The molecule has 0 aliphatic rings. The summed E-state index contributed by atoms with van der Waals surface area (Å²) in [6.45, 7) is 0. The first-order valence-electron chi connectivity index (χ1n) is 5.67. The van der Waals surface area contributed by atoms with Gasteiger partial charge in [0.1, 0.15) is 9.84 Å². The number of sulfone groups is 1. The van der Waals surface area contributed by atoms with Gasteiger partial charge in [-0.1, -0.05) is 0 Å². The van der Waals surface area contributed by atoms with Gasteiger partial charge in [-0.25, -0.2) is 8.42 Å². The largest absolute Gasteiger partial charge is 0.325 e. The Hall–Kier alpha value is -2.00. The summed E-state index contributed by atoms with van der Waals surface area (Å²) in [7, 11) is -3.18. The highest BCUT2D eigenvalue weighted by Crippen LogP contribution is 2.15. The molecule has 0 radical (unpaired) electrons. The Morgan fingerprint density at radius 2 is 1.95 bits per heavy atom. The second kappa shape index (κ2) is 6.44. The van der Waals surface area contributed by atoms with Gasteiger partial charge in [0.15, 0.2) is 0 Å². The van der Waals surface area contributed by atoms with Gasteiger partial charge in [0, 0.05) is 24.1 Å². The molecule has 3 N–H and O–H groups in total. The van der Waals surface area contributed by atoms with Crippen LogP contribution >= 0.6 is 0 Å². The van der Waals surface area contributed by atoms with Crippen molar-refractivity contribution in [1.82, 2.24) is 0 Å². The van der Waals surface area contributed by atoms with Crippen LogP contribution in [0.4, 0.5) is 11.4 Å². The van der Waals surface area contributed by atoms with Crippen LogP contribution in [0.5, 0.6) is 0 Å². The number of hydrogen-bond acceptors (Lipinski definition) is 6. The number of non-ortho nitro benzene ring substituents is 1. The Kier molecular flexibility index (Phi) is 5.17. The van der Waals surface area contributed by atoms with Crippen molar-refractivity contribution in [1.29, 1.82) is 0 Å². The lowest BCUT2D eigenvalue weighted by Gasteiger charge is -2.11.